The average Bonchev–Trinajstić information content (AvgIpc) is 2.58. The summed E-state index contributed by atoms with van der Waals surface area (Å²) in [6.45, 7) is 2.03. The van der Waals surface area contributed by atoms with E-state index in [2.05, 4.69) is 4.99 Å². The van der Waals surface area contributed by atoms with Gasteiger partial charge in [0.2, 0.25) is 0 Å². The van der Waals surface area contributed by atoms with E-state index in [-0.39, 0.29) is 0 Å². The molecule has 0 unspecified atom stereocenters. The van der Waals surface area contributed by atoms with E-state index in [1.54, 1.807) is 19.4 Å². The molecule has 0 aliphatic rings. The Kier molecular flexibility index (Phi) is 5.69. The Morgan fingerprint density at radius 2 is 1.96 bits per heavy atom. The van der Waals surface area contributed by atoms with Gasteiger partial charge in [-0.25, -0.2) is 4.79 Å². The molecule has 0 bridgehead atoms. The zero-order valence-electron chi connectivity index (χ0n) is 13.2. The van der Waals surface area contributed by atoms with Crippen LogP contribution in [0.4, 0.5) is 5.69 Å². The SMILES string of the molecule is CCc1cc(N=Cc2ccc(OC)cc2)ccc1/C=C/C(=O)O. The van der Waals surface area contributed by atoms with Crippen LogP contribution in [0.1, 0.15) is 23.6 Å². The third-order valence-electron chi connectivity index (χ3n) is 3.39. The van der Waals surface area contributed by atoms with Crippen LogP contribution in [0.25, 0.3) is 6.08 Å². The first kappa shape index (κ1) is 16.5. The first-order valence-corrected chi connectivity index (χ1v) is 7.34. The molecule has 0 aromatic heterocycles. The summed E-state index contributed by atoms with van der Waals surface area (Å²) < 4.78 is 5.12. The lowest BCUT2D eigenvalue weighted by Crippen LogP contribution is -1.89. The van der Waals surface area contributed by atoms with Crippen molar-refractivity contribution < 1.29 is 14.6 Å². The Labute approximate surface area is 135 Å². The fourth-order valence-electron chi connectivity index (χ4n) is 2.14. The van der Waals surface area contributed by atoms with E-state index < -0.39 is 5.97 Å². The predicted molar refractivity (Wildman–Crippen MR) is 92.7 cm³/mol. The van der Waals surface area contributed by atoms with E-state index in [0.29, 0.717) is 0 Å². The van der Waals surface area contributed by atoms with Crippen molar-refractivity contribution in [3.8, 4) is 5.75 Å². The first-order chi connectivity index (χ1) is 11.1. The molecule has 0 atom stereocenters. The van der Waals surface area contributed by atoms with Crippen LogP contribution in [0, 0.1) is 0 Å². The summed E-state index contributed by atoms with van der Waals surface area (Å²) in [6, 6.07) is 13.4. The molecular weight excluding hydrogens is 290 g/mol. The van der Waals surface area contributed by atoms with Crippen molar-refractivity contribution in [2.24, 2.45) is 4.99 Å². The molecule has 2 aromatic carbocycles. The number of hydrogen-bond donors (Lipinski definition) is 1. The number of ether oxygens (including phenoxy) is 1. The maximum Gasteiger partial charge on any atom is 0.328 e. The second-order valence-corrected chi connectivity index (χ2v) is 4.94. The summed E-state index contributed by atoms with van der Waals surface area (Å²) in [4.78, 5) is 15.1. The molecule has 0 fully saturated rings. The summed E-state index contributed by atoms with van der Waals surface area (Å²) in [6.07, 6.45) is 5.36. The molecule has 1 N–H and O–H groups in total. The van der Waals surface area contributed by atoms with Crippen molar-refractivity contribution in [2.45, 2.75) is 13.3 Å². The summed E-state index contributed by atoms with van der Waals surface area (Å²) in [5.74, 6) is -0.140. The first-order valence-electron chi connectivity index (χ1n) is 7.34. The zero-order valence-corrected chi connectivity index (χ0v) is 13.2. The molecule has 118 valence electrons. The maximum atomic E-state index is 10.6. The number of aliphatic carboxylic acids is 1. The van der Waals surface area contributed by atoms with Gasteiger partial charge >= 0.3 is 5.97 Å². The second-order valence-electron chi connectivity index (χ2n) is 4.94. The lowest BCUT2D eigenvalue weighted by Gasteiger charge is -2.04. The number of hydrogen-bond acceptors (Lipinski definition) is 3. The molecule has 0 aliphatic heterocycles. The number of carbonyl (C=O) groups is 1. The van der Waals surface area contributed by atoms with Gasteiger partial charge in [0.1, 0.15) is 5.75 Å². The van der Waals surface area contributed by atoms with E-state index >= 15 is 0 Å². The van der Waals surface area contributed by atoms with Crippen molar-refractivity contribution in [1.82, 2.24) is 0 Å². The molecule has 4 nitrogen and oxygen atoms in total. The number of aliphatic imine (C=N–C) groups is 1. The lowest BCUT2D eigenvalue weighted by molar-refractivity contribution is -0.131. The molecule has 2 aromatic rings. The third kappa shape index (κ3) is 4.81. The Morgan fingerprint density at radius 1 is 1.22 bits per heavy atom. The normalized spacial score (nSPS) is 11.2. The van der Waals surface area contributed by atoms with Gasteiger partial charge in [0.25, 0.3) is 0 Å². The molecule has 0 spiro atoms. The molecule has 0 saturated carbocycles. The molecule has 2 rings (SSSR count). The van der Waals surface area contributed by atoms with E-state index in [9.17, 15) is 4.79 Å². The zero-order chi connectivity index (χ0) is 16.7. The standard InChI is InChI=1S/C19H19NO3/c1-3-15-12-17(8-6-16(15)7-11-19(21)22)20-13-14-4-9-18(23-2)10-5-14/h4-13H,3H2,1-2H3,(H,21,22)/b11-7+,20-13?. The Bertz CT molecular complexity index is 731. The highest BCUT2D eigenvalue weighted by molar-refractivity contribution is 5.86. The minimum Gasteiger partial charge on any atom is -0.497 e. The van der Waals surface area contributed by atoms with Crippen molar-refractivity contribution in [3.63, 3.8) is 0 Å². The maximum absolute atomic E-state index is 10.6. The summed E-state index contributed by atoms with van der Waals surface area (Å²) in [7, 11) is 1.63. The van der Waals surface area contributed by atoms with Gasteiger partial charge < -0.3 is 9.84 Å². The van der Waals surface area contributed by atoms with E-state index in [4.69, 9.17) is 9.84 Å². The summed E-state index contributed by atoms with van der Waals surface area (Å²) >= 11 is 0. The molecule has 0 radical (unpaired) electrons. The van der Waals surface area contributed by atoms with Crippen LogP contribution in [-0.2, 0) is 11.2 Å². The van der Waals surface area contributed by atoms with E-state index in [0.717, 1.165) is 40.6 Å². The third-order valence-corrected chi connectivity index (χ3v) is 3.39. The largest absolute Gasteiger partial charge is 0.497 e. The van der Waals surface area contributed by atoms with Gasteiger partial charge in [-0.3, -0.25) is 4.99 Å². The predicted octanol–water partition coefficient (Wildman–Crippen LogP) is 4.11. The van der Waals surface area contributed by atoms with Crippen LogP contribution >= 0.6 is 0 Å². The van der Waals surface area contributed by atoms with Gasteiger partial charge in [-0.05, 0) is 65.6 Å². The van der Waals surface area contributed by atoms with Crippen LogP contribution in [0.2, 0.25) is 0 Å². The highest BCUT2D eigenvalue weighted by Gasteiger charge is 2.00. The molecule has 0 heterocycles. The highest BCUT2D eigenvalue weighted by Crippen LogP contribution is 2.20. The minimum atomic E-state index is -0.950. The van der Waals surface area contributed by atoms with Crippen molar-refractivity contribution in [2.75, 3.05) is 7.11 Å². The lowest BCUT2D eigenvalue weighted by atomic mass is 10.0. The Balaban J connectivity index is 2.19. The monoisotopic (exact) mass is 309 g/mol. The fourth-order valence-corrected chi connectivity index (χ4v) is 2.14. The number of aryl methyl sites for hydroxylation is 1. The van der Waals surface area contributed by atoms with Gasteiger partial charge in [-0.1, -0.05) is 13.0 Å². The molecule has 23 heavy (non-hydrogen) atoms. The van der Waals surface area contributed by atoms with Crippen LogP contribution in [0.15, 0.2) is 53.5 Å². The van der Waals surface area contributed by atoms with Crippen molar-refractivity contribution in [3.05, 3.63) is 65.2 Å². The molecule has 0 amide bonds. The van der Waals surface area contributed by atoms with Crippen LogP contribution in [0.5, 0.6) is 5.75 Å². The van der Waals surface area contributed by atoms with Crippen molar-refractivity contribution in [1.29, 1.82) is 0 Å². The van der Waals surface area contributed by atoms with Gasteiger partial charge in [0.05, 0.1) is 12.8 Å². The fraction of sp³-hybridized carbons (Fsp3) is 0.158. The van der Waals surface area contributed by atoms with Crippen LogP contribution in [-0.4, -0.2) is 24.4 Å². The number of rotatable bonds is 6. The van der Waals surface area contributed by atoms with Gasteiger partial charge in [0, 0.05) is 12.3 Å². The highest BCUT2D eigenvalue weighted by atomic mass is 16.5. The second kappa shape index (κ2) is 7.94. The van der Waals surface area contributed by atoms with Crippen molar-refractivity contribution >= 4 is 23.9 Å². The summed E-state index contributed by atoms with van der Waals surface area (Å²) in [5, 5.41) is 8.72. The quantitative estimate of drug-likeness (QED) is 0.645. The number of benzene rings is 2. The average molecular weight is 309 g/mol. The Hall–Kier alpha value is -2.88. The molecule has 0 saturated heterocycles. The Morgan fingerprint density at radius 3 is 2.57 bits per heavy atom. The van der Waals surface area contributed by atoms with Gasteiger partial charge in [0.15, 0.2) is 0 Å². The van der Waals surface area contributed by atoms with E-state index in [1.807, 2.05) is 49.4 Å². The smallest absolute Gasteiger partial charge is 0.328 e. The summed E-state index contributed by atoms with van der Waals surface area (Å²) in [5.41, 5.74) is 3.79. The van der Waals surface area contributed by atoms with Gasteiger partial charge in [-0.2, -0.15) is 0 Å². The number of carboxylic acids is 1. The van der Waals surface area contributed by atoms with Crippen LogP contribution < -0.4 is 4.74 Å². The molecule has 4 heteroatoms. The van der Waals surface area contributed by atoms with Gasteiger partial charge in [-0.15, -0.1) is 0 Å². The van der Waals surface area contributed by atoms with E-state index in [1.165, 1.54) is 0 Å². The topological polar surface area (TPSA) is 58.9 Å². The number of carboxylic acid groups (broad SMARTS) is 1. The van der Waals surface area contributed by atoms with Crippen LogP contribution in [0.3, 0.4) is 0 Å². The minimum absolute atomic E-state index is 0.810. The number of methoxy groups -OCH3 is 1. The molecule has 0 aliphatic carbocycles. The number of nitrogens with zero attached hydrogens (tertiary/aromatic N) is 1. The molecular formula is C19H19NO3.